The van der Waals surface area contributed by atoms with E-state index in [9.17, 15) is 9.59 Å². The molecule has 0 aliphatic rings. The third-order valence-corrected chi connectivity index (χ3v) is 3.11. The first-order chi connectivity index (χ1) is 10.1. The van der Waals surface area contributed by atoms with E-state index in [-0.39, 0.29) is 18.2 Å². The summed E-state index contributed by atoms with van der Waals surface area (Å²) in [4.78, 5) is 25.0. The molecule has 0 spiro atoms. The highest BCUT2D eigenvalue weighted by Crippen LogP contribution is 2.10. The zero-order valence-corrected chi connectivity index (χ0v) is 12.6. The molecule has 21 heavy (non-hydrogen) atoms. The van der Waals surface area contributed by atoms with Gasteiger partial charge in [0.2, 0.25) is 11.8 Å². The Hall–Kier alpha value is -2.35. The van der Waals surface area contributed by atoms with Gasteiger partial charge in [-0.15, -0.1) is 0 Å². The fraction of sp³-hybridized carbons (Fsp3) is 0.438. The molecule has 1 aromatic rings. The molecule has 2 amide bonds. The Morgan fingerprint density at radius 2 is 2.10 bits per heavy atom. The molecule has 1 N–H and O–H groups in total. The summed E-state index contributed by atoms with van der Waals surface area (Å²) in [5.74, 6) is -0.171. The number of nitrogens with one attached hydrogen (secondary N) is 1. The van der Waals surface area contributed by atoms with Crippen molar-refractivity contribution >= 4 is 17.5 Å². The second kappa shape index (κ2) is 8.75. The van der Waals surface area contributed by atoms with Crippen molar-refractivity contribution in [3.05, 3.63) is 29.8 Å². The highest BCUT2D eigenvalue weighted by atomic mass is 16.2. The van der Waals surface area contributed by atoms with Crippen molar-refractivity contribution in [2.24, 2.45) is 0 Å². The molecular formula is C16H21N3O2. The Balaban J connectivity index is 2.49. The van der Waals surface area contributed by atoms with Crippen molar-refractivity contribution in [2.45, 2.75) is 33.1 Å². The first-order valence-electron chi connectivity index (χ1n) is 7.12. The van der Waals surface area contributed by atoms with Crippen LogP contribution in [0.2, 0.25) is 0 Å². The van der Waals surface area contributed by atoms with Crippen LogP contribution in [0.3, 0.4) is 0 Å². The molecule has 0 fully saturated rings. The first kappa shape index (κ1) is 16.7. The number of anilines is 1. The van der Waals surface area contributed by atoms with E-state index in [4.69, 9.17) is 5.26 Å². The molecule has 0 aliphatic carbocycles. The molecular weight excluding hydrogens is 266 g/mol. The average molecular weight is 287 g/mol. The summed E-state index contributed by atoms with van der Waals surface area (Å²) in [5.41, 5.74) is 1.10. The summed E-state index contributed by atoms with van der Waals surface area (Å²) in [6, 6.07) is 8.78. The lowest BCUT2D eigenvalue weighted by Gasteiger charge is -2.20. The Bertz CT molecular complexity index is 535. The maximum Gasteiger partial charge on any atom is 0.226 e. The minimum Gasteiger partial charge on any atom is -0.342 e. The molecule has 0 heterocycles. The normalized spacial score (nSPS) is 9.76. The molecule has 0 atom stereocenters. The molecule has 0 saturated carbocycles. The molecule has 1 rings (SSSR count). The van der Waals surface area contributed by atoms with Crippen molar-refractivity contribution in [1.29, 1.82) is 5.26 Å². The maximum atomic E-state index is 11.9. The molecule has 112 valence electrons. The van der Waals surface area contributed by atoms with E-state index in [1.54, 1.807) is 29.2 Å². The number of unbranched alkanes of at least 4 members (excludes halogenated alkanes) is 1. The molecule has 0 radical (unpaired) electrons. The van der Waals surface area contributed by atoms with Gasteiger partial charge >= 0.3 is 0 Å². The van der Waals surface area contributed by atoms with Crippen LogP contribution in [-0.2, 0) is 9.59 Å². The molecule has 1 aromatic carbocycles. The summed E-state index contributed by atoms with van der Waals surface area (Å²) in [6.45, 7) is 4.68. The third-order valence-electron chi connectivity index (χ3n) is 3.11. The summed E-state index contributed by atoms with van der Waals surface area (Å²) in [7, 11) is 0. The predicted octanol–water partition coefficient (Wildman–Crippen LogP) is 2.54. The number of benzene rings is 1. The number of amides is 2. The lowest BCUT2D eigenvalue weighted by atomic mass is 10.2. The Morgan fingerprint density at radius 1 is 1.33 bits per heavy atom. The van der Waals surface area contributed by atoms with Gasteiger partial charge in [0, 0.05) is 32.1 Å². The number of carbonyl (C=O) groups excluding carboxylic acids is 2. The van der Waals surface area contributed by atoms with Gasteiger partial charge in [0.05, 0.1) is 11.6 Å². The van der Waals surface area contributed by atoms with Gasteiger partial charge in [-0.05, 0) is 24.6 Å². The van der Waals surface area contributed by atoms with Crippen LogP contribution < -0.4 is 5.32 Å². The first-order valence-corrected chi connectivity index (χ1v) is 7.12. The van der Waals surface area contributed by atoms with Crippen LogP contribution in [-0.4, -0.2) is 29.8 Å². The van der Waals surface area contributed by atoms with Gasteiger partial charge in [0.15, 0.2) is 0 Å². The highest BCUT2D eigenvalue weighted by Gasteiger charge is 2.10. The predicted molar refractivity (Wildman–Crippen MR) is 81.6 cm³/mol. The fourth-order valence-corrected chi connectivity index (χ4v) is 1.90. The smallest absolute Gasteiger partial charge is 0.226 e. The van der Waals surface area contributed by atoms with Crippen LogP contribution in [0.4, 0.5) is 5.69 Å². The van der Waals surface area contributed by atoms with Crippen molar-refractivity contribution in [1.82, 2.24) is 4.90 Å². The second-order valence-corrected chi connectivity index (χ2v) is 4.85. The topological polar surface area (TPSA) is 73.2 Å². The van der Waals surface area contributed by atoms with Gasteiger partial charge in [0.1, 0.15) is 0 Å². The van der Waals surface area contributed by atoms with Crippen LogP contribution in [0.25, 0.3) is 0 Å². The zero-order chi connectivity index (χ0) is 15.7. The molecule has 0 bridgehead atoms. The highest BCUT2D eigenvalue weighted by molar-refractivity contribution is 5.91. The lowest BCUT2D eigenvalue weighted by Crippen LogP contribution is -2.32. The van der Waals surface area contributed by atoms with Gasteiger partial charge < -0.3 is 10.2 Å². The maximum absolute atomic E-state index is 11.9. The van der Waals surface area contributed by atoms with Gasteiger partial charge in [0.25, 0.3) is 0 Å². The molecule has 0 aromatic heterocycles. The van der Waals surface area contributed by atoms with E-state index in [2.05, 4.69) is 12.2 Å². The van der Waals surface area contributed by atoms with Crippen LogP contribution >= 0.6 is 0 Å². The number of rotatable bonds is 7. The number of nitriles is 1. The van der Waals surface area contributed by atoms with Crippen molar-refractivity contribution < 1.29 is 9.59 Å². The zero-order valence-electron chi connectivity index (χ0n) is 12.6. The largest absolute Gasteiger partial charge is 0.342 e. The molecule has 0 saturated heterocycles. The van der Waals surface area contributed by atoms with Gasteiger partial charge in [-0.1, -0.05) is 19.4 Å². The van der Waals surface area contributed by atoms with Gasteiger partial charge in [-0.25, -0.2) is 0 Å². The van der Waals surface area contributed by atoms with Crippen molar-refractivity contribution in [2.75, 3.05) is 18.4 Å². The summed E-state index contributed by atoms with van der Waals surface area (Å²) >= 11 is 0. The van der Waals surface area contributed by atoms with Crippen LogP contribution in [0.1, 0.15) is 38.7 Å². The minimum absolute atomic E-state index is 0.0114. The quantitative estimate of drug-likeness (QED) is 0.837. The van der Waals surface area contributed by atoms with E-state index in [0.717, 1.165) is 12.8 Å². The van der Waals surface area contributed by atoms with E-state index >= 15 is 0 Å². The SMILES string of the molecule is CCCCN(CCC(=O)Nc1cccc(C#N)c1)C(C)=O. The van der Waals surface area contributed by atoms with Crippen molar-refractivity contribution in [3.63, 3.8) is 0 Å². The van der Waals surface area contributed by atoms with Crippen LogP contribution in [0.15, 0.2) is 24.3 Å². The van der Waals surface area contributed by atoms with Gasteiger partial charge in [-0.3, -0.25) is 9.59 Å². The standard InChI is InChI=1S/C16H21N3O2/c1-3-4-9-19(13(2)20)10-8-16(21)18-15-7-5-6-14(11-15)12-17/h5-7,11H,3-4,8-10H2,1-2H3,(H,18,21). The second-order valence-electron chi connectivity index (χ2n) is 4.85. The Labute approximate surface area is 125 Å². The van der Waals surface area contributed by atoms with E-state index in [0.29, 0.717) is 24.3 Å². The fourth-order valence-electron chi connectivity index (χ4n) is 1.90. The summed E-state index contributed by atoms with van der Waals surface area (Å²) in [6.07, 6.45) is 2.20. The van der Waals surface area contributed by atoms with Gasteiger partial charge in [-0.2, -0.15) is 5.26 Å². The average Bonchev–Trinajstić information content (AvgIpc) is 2.47. The molecule has 0 unspecified atom stereocenters. The monoisotopic (exact) mass is 287 g/mol. The molecule has 5 nitrogen and oxygen atoms in total. The number of nitrogens with zero attached hydrogens (tertiary/aromatic N) is 2. The Morgan fingerprint density at radius 3 is 2.71 bits per heavy atom. The lowest BCUT2D eigenvalue weighted by molar-refractivity contribution is -0.129. The Kier molecular flexibility index (Phi) is 6.96. The van der Waals surface area contributed by atoms with E-state index < -0.39 is 0 Å². The van der Waals surface area contributed by atoms with Crippen LogP contribution in [0.5, 0.6) is 0 Å². The number of hydrogen-bond donors (Lipinski definition) is 1. The van der Waals surface area contributed by atoms with Crippen molar-refractivity contribution in [3.8, 4) is 6.07 Å². The molecule has 0 aliphatic heterocycles. The third kappa shape index (κ3) is 6.09. The summed E-state index contributed by atoms with van der Waals surface area (Å²) < 4.78 is 0. The number of carbonyl (C=O) groups is 2. The van der Waals surface area contributed by atoms with E-state index in [1.807, 2.05) is 6.07 Å². The van der Waals surface area contributed by atoms with E-state index in [1.165, 1.54) is 6.92 Å². The summed E-state index contributed by atoms with van der Waals surface area (Å²) in [5, 5.41) is 11.5. The van der Waals surface area contributed by atoms with Crippen LogP contribution in [0, 0.1) is 11.3 Å². The minimum atomic E-state index is -0.159. The number of hydrogen-bond acceptors (Lipinski definition) is 3. The molecule has 5 heteroatoms.